The van der Waals surface area contributed by atoms with Crippen molar-refractivity contribution in [3.63, 3.8) is 0 Å². The summed E-state index contributed by atoms with van der Waals surface area (Å²) in [5, 5.41) is 23.6. The highest BCUT2D eigenvalue weighted by Crippen LogP contribution is 2.47. The van der Waals surface area contributed by atoms with Crippen LogP contribution in [0.4, 0.5) is 0 Å². The first-order valence-corrected chi connectivity index (χ1v) is 19.7. The van der Waals surface area contributed by atoms with Gasteiger partial charge in [-0.25, -0.2) is 4.79 Å². The predicted molar refractivity (Wildman–Crippen MR) is 198 cm³/mol. The molecule has 53 heavy (non-hydrogen) atoms. The second kappa shape index (κ2) is 20.5. The van der Waals surface area contributed by atoms with Crippen LogP contribution < -0.4 is 0 Å². The average molecular weight is 753 g/mol. The topological polar surface area (TPSA) is 156 Å². The van der Waals surface area contributed by atoms with Gasteiger partial charge in [-0.05, 0) is 48.7 Å². The maximum atomic E-state index is 13.4. The molecule has 3 aliphatic heterocycles. The fraction of sp³-hybridized carbons (Fsp3) is 0.829. The van der Waals surface area contributed by atoms with Gasteiger partial charge in [-0.2, -0.15) is 0 Å². The van der Waals surface area contributed by atoms with Crippen molar-refractivity contribution >= 4 is 17.9 Å². The van der Waals surface area contributed by atoms with Gasteiger partial charge in [0.05, 0.1) is 44.6 Å². The van der Waals surface area contributed by atoms with E-state index in [4.69, 9.17) is 33.2 Å². The summed E-state index contributed by atoms with van der Waals surface area (Å²) in [6, 6.07) is 0. The SMILES string of the molecule is CCCCCCCC(=O)O[C@H]1/C(=C/C(=O)OC)CC2C[C@H](C(C)C)OC(=O)C[C@H](O)CCOC(C(C)(C)C)C[C@@H]3CCO[C@H](/C=C/C(C)(C)[C@]1(O)O2)O3. The third-order valence-corrected chi connectivity index (χ3v) is 10.5. The van der Waals surface area contributed by atoms with E-state index in [0.29, 0.717) is 31.4 Å². The molecule has 0 aromatic carbocycles. The molecular weight excluding hydrogens is 684 g/mol. The smallest absolute Gasteiger partial charge is 0.330 e. The molecule has 8 atom stereocenters. The van der Waals surface area contributed by atoms with Crippen LogP contribution in [0.1, 0.15) is 132 Å². The van der Waals surface area contributed by atoms with E-state index >= 15 is 0 Å². The van der Waals surface area contributed by atoms with Crippen LogP contribution in [-0.4, -0.2) is 97.1 Å². The number of methoxy groups -OCH3 is 1. The minimum absolute atomic E-state index is 0.0951. The van der Waals surface area contributed by atoms with E-state index in [1.165, 1.54) is 13.2 Å². The summed E-state index contributed by atoms with van der Waals surface area (Å²) in [5.74, 6) is -4.10. The van der Waals surface area contributed by atoms with Crippen LogP contribution in [0.2, 0.25) is 0 Å². The Kier molecular flexibility index (Phi) is 17.5. The molecule has 2 N–H and O–H groups in total. The van der Waals surface area contributed by atoms with Gasteiger partial charge in [0.2, 0.25) is 5.79 Å². The van der Waals surface area contributed by atoms with Gasteiger partial charge in [0.25, 0.3) is 0 Å². The Labute approximate surface area is 317 Å². The molecule has 2 fully saturated rings. The highest BCUT2D eigenvalue weighted by molar-refractivity contribution is 5.83. The lowest BCUT2D eigenvalue weighted by Crippen LogP contribution is -2.62. The Bertz CT molecular complexity index is 1240. The van der Waals surface area contributed by atoms with Crippen molar-refractivity contribution in [1.82, 2.24) is 0 Å². The second-order valence-electron chi connectivity index (χ2n) is 16.9. The number of cyclic esters (lactones) is 1. The van der Waals surface area contributed by atoms with Gasteiger partial charge in [0.15, 0.2) is 12.4 Å². The quantitative estimate of drug-likeness (QED) is 0.0870. The van der Waals surface area contributed by atoms with Gasteiger partial charge >= 0.3 is 17.9 Å². The monoisotopic (exact) mass is 752 g/mol. The second-order valence-corrected chi connectivity index (χ2v) is 16.9. The summed E-state index contributed by atoms with van der Waals surface area (Å²) in [7, 11) is 1.25. The molecule has 0 amide bonds. The Morgan fingerprint density at radius 2 is 1.72 bits per heavy atom. The molecule has 304 valence electrons. The van der Waals surface area contributed by atoms with E-state index in [0.717, 1.165) is 25.7 Å². The fourth-order valence-corrected chi connectivity index (χ4v) is 6.97. The van der Waals surface area contributed by atoms with Crippen LogP contribution >= 0.6 is 0 Å². The fourth-order valence-electron chi connectivity index (χ4n) is 6.97. The average Bonchev–Trinajstić information content (AvgIpc) is 3.07. The third kappa shape index (κ3) is 13.7. The Morgan fingerprint density at radius 1 is 1.02 bits per heavy atom. The van der Waals surface area contributed by atoms with Crippen molar-refractivity contribution in [3.8, 4) is 0 Å². The largest absolute Gasteiger partial charge is 0.466 e. The number of hydrogen-bond donors (Lipinski definition) is 2. The first-order valence-electron chi connectivity index (χ1n) is 19.7. The van der Waals surface area contributed by atoms with E-state index in [-0.39, 0.29) is 62.3 Å². The molecule has 0 radical (unpaired) electrons. The van der Waals surface area contributed by atoms with E-state index in [1.807, 2.05) is 13.8 Å². The maximum absolute atomic E-state index is 13.4. The highest BCUT2D eigenvalue weighted by atomic mass is 16.7. The molecule has 0 aromatic heterocycles. The molecule has 2 unspecified atom stereocenters. The summed E-state index contributed by atoms with van der Waals surface area (Å²) in [4.78, 5) is 39.3. The molecule has 0 saturated carbocycles. The molecule has 3 heterocycles. The van der Waals surface area contributed by atoms with E-state index < -0.39 is 59.8 Å². The van der Waals surface area contributed by atoms with Crippen LogP contribution in [0.15, 0.2) is 23.8 Å². The Morgan fingerprint density at radius 3 is 2.38 bits per heavy atom. The van der Waals surface area contributed by atoms with E-state index in [1.54, 1.807) is 26.0 Å². The van der Waals surface area contributed by atoms with Crippen LogP contribution in [0.3, 0.4) is 0 Å². The first kappa shape index (κ1) is 45.0. The predicted octanol–water partition coefficient (Wildman–Crippen LogP) is 6.48. The first-order chi connectivity index (χ1) is 24.9. The Balaban J connectivity index is 2.06. The zero-order valence-electron chi connectivity index (χ0n) is 33.7. The van der Waals surface area contributed by atoms with Gasteiger partial charge in [0, 0.05) is 37.4 Å². The molecule has 0 aromatic rings. The lowest BCUT2D eigenvalue weighted by Gasteiger charge is -2.51. The van der Waals surface area contributed by atoms with Crippen LogP contribution in [0.25, 0.3) is 0 Å². The zero-order chi connectivity index (χ0) is 39.4. The van der Waals surface area contributed by atoms with Gasteiger partial charge in [-0.15, -0.1) is 0 Å². The Hall–Kier alpha value is -2.35. The number of aliphatic hydroxyl groups is 2. The summed E-state index contributed by atoms with van der Waals surface area (Å²) in [5.41, 5.74) is -1.16. The van der Waals surface area contributed by atoms with Crippen LogP contribution in [-0.2, 0) is 47.5 Å². The van der Waals surface area contributed by atoms with Crippen molar-refractivity contribution in [2.24, 2.45) is 16.7 Å². The molecule has 0 aliphatic carbocycles. The molecular formula is C41H68O12. The van der Waals surface area contributed by atoms with Crippen molar-refractivity contribution < 1.29 is 57.8 Å². The van der Waals surface area contributed by atoms with Crippen molar-refractivity contribution in [1.29, 1.82) is 0 Å². The number of esters is 3. The summed E-state index contributed by atoms with van der Waals surface area (Å²) in [6.07, 6.45) is 6.16. The number of rotatable bonds is 9. The molecule has 12 nitrogen and oxygen atoms in total. The van der Waals surface area contributed by atoms with E-state index in [9.17, 15) is 24.6 Å². The third-order valence-electron chi connectivity index (χ3n) is 10.5. The lowest BCUT2D eigenvalue weighted by molar-refractivity contribution is -0.327. The van der Waals surface area contributed by atoms with Gasteiger partial charge in [-0.1, -0.05) is 87.1 Å². The summed E-state index contributed by atoms with van der Waals surface area (Å²) in [6.45, 7) is 16.4. The summed E-state index contributed by atoms with van der Waals surface area (Å²) >= 11 is 0. The summed E-state index contributed by atoms with van der Waals surface area (Å²) < 4.78 is 42.2. The number of carbonyl (C=O) groups is 3. The number of aliphatic hydroxyl groups excluding tert-OH is 1. The molecule has 12 heteroatoms. The molecule has 0 spiro atoms. The molecule has 4 bridgehead atoms. The molecule has 3 aliphatic rings. The van der Waals surface area contributed by atoms with Crippen molar-refractivity contribution in [2.75, 3.05) is 20.3 Å². The highest BCUT2D eigenvalue weighted by Gasteiger charge is 2.57. The number of fused-ring (bicyclic) bond motifs is 4. The van der Waals surface area contributed by atoms with Crippen LogP contribution in [0, 0.1) is 16.7 Å². The minimum atomic E-state index is -2.19. The van der Waals surface area contributed by atoms with Crippen molar-refractivity contribution in [2.45, 2.75) is 181 Å². The lowest BCUT2D eigenvalue weighted by atomic mass is 9.74. The maximum Gasteiger partial charge on any atom is 0.330 e. The van der Waals surface area contributed by atoms with Crippen LogP contribution in [0.5, 0.6) is 0 Å². The normalized spacial score (nSPS) is 33.5. The standard InChI is InChI=1S/C41H68O12/c1-10-11-12-13-14-15-34(43)52-38-28(23-35(44)47-9)22-31-25-32(27(2)3)51-36(45)24-29(42)17-20-48-33(39(4,5)6)26-30-18-21-49-37(50-30)16-19-40(7,8)41(38,46)53-31/h16,19,23,27,29-33,37-38,42,46H,10-15,17-18,20-22,24-26H2,1-9H3/b19-16+,28-23+/t29-,30+,31?,32-,33?,37+,38+,41-/m1/s1. The number of ether oxygens (including phenoxy) is 7. The van der Waals surface area contributed by atoms with Gasteiger partial charge in [-0.3, -0.25) is 9.59 Å². The van der Waals surface area contributed by atoms with Crippen molar-refractivity contribution in [3.05, 3.63) is 23.8 Å². The molecule has 3 rings (SSSR count). The number of carbonyl (C=O) groups excluding carboxylic acids is 3. The number of unbranched alkanes of at least 4 members (excludes halogenated alkanes) is 4. The van der Waals surface area contributed by atoms with Gasteiger partial charge in [0.1, 0.15) is 6.10 Å². The minimum Gasteiger partial charge on any atom is -0.466 e. The zero-order valence-corrected chi connectivity index (χ0v) is 33.7. The number of hydrogen-bond acceptors (Lipinski definition) is 12. The molecule has 2 saturated heterocycles. The van der Waals surface area contributed by atoms with E-state index in [2.05, 4.69) is 27.7 Å². The van der Waals surface area contributed by atoms with Gasteiger partial charge < -0.3 is 43.4 Å².